The average molecular weight is 737 g/mol. The summed E-state index contributed by atoms with van der Waals surface area (Å²) in [5, 5.41) is 7.19. The van der Waals surface area contributed by atoms with Crippen LogP contribution >= 0.6 is 17.0 Å². The van der Waals surface area contributed by atoms with E-state index in [2.05, 4.69) is 138 Å². The van der Waals surface area contributed by atoms with E-state index >= 15 is 0 Å². The first-order chi connectivity index (χ1) is 21.1. The van der Waals surface area contributed by atoms with E-state index in [1.54, 1.807) is 11.1 Å². The molecule has 0 spiro atoms. The topological polar surface area (TPSA) is 0 Å². The third-order valence-corrected chi connectivity index (χ3v) is 10.8. The molecule has 0 heterocycles. The summed E-state index contributed by atoms with van der Waals surface area (Å²) in [5.41, 5.74) is 7.14. The van der Waals surface area contributed by atoms with E-state index in [1.807, 2.05) is 0 Å². The monoisotopic (exact) mass is 734 g/mol. The predicted octanol–water partition coefficient (Wildman–Crippen LogP) is 13.0. The van der Waals surface area contributed by atoms with Gasteiger partial charge in [0.05, 0.1) is 8.07 Å². The molecule has 0 bridgehead atoms. The second-order valence-electron chi connectivity index (χ2n) is 13.2. The third kappa shape index (κ3) is 10.1. The van der Waals surface area contributed by atoms with Gasteiger partial charge in [0.2, 0.25) is 0 Å². The summed E-state index contributed by atoms with van der Waals surface area (Å²) >= 11 is -0.826. The van der Waals surface area contributed by atoms with Crippen LogP contribution in [0.3, 0.4) is 0 Å². The van der Waals surface area contributed by atoms with Crippen LogP contribution in [0.2, 0.25) is 32.7 Å². The Morgan fingerprint density at radius 2 is 1.43 bits per heavy atom. The Hall–Kier alpha value is -1.22. The van der Waals surface area contributed by atoms with E-state index in [0.717, 1.165) is 15.4 Å². The van der Waals surface area contributed by atoms with Gasteiger partial charge in [0.1, 0.15) is 0 Å². The first kappa shape index (κ1) is 37.2. The third-order valence-electron chi connectivity index (χ3n) is 8.73. The Kier molecular flexibility index (Phi) is 15.4. The van der Waals surface area contributed by atoms with Gasteiger partial charge >= 0.3 is 37.9 Å². The van der Waals surface area contributed by atoms with Crippen LogP contribution in [0.1, 0.15) is 74.5 Å². The molecule has 6 rings (SSSR count). The number of benzene rings is 3. The number of aryl methyl sites for hydroxylation is 1. The zero-order valence-corrected chi connectivity index (χ0v) is 34.0. The molecule has 0 nitrogen and oxygen atoms in total. The van der Waals surface area contributed by atoms with Crippen LogP contribution in [-0.2, 0) is 20.8 Å². The average Bonchev–Trinajstić information content (AvgIpc) is 3.76. The molecule has 1 atom stereocenters. The van der Waals surface area contributed by atoms with Crippen LogP contribution in [0.15, 0.2) is 84.9 Å². The number of fused-ring (bicyclic) bond motifs is 2. The minimum absolute atomic E-state index is 0.674. The first-order valence-electron chi connectivity index (χ1n) is 16.1. The summed E-state index contributed by atoms with van der Waals surface area (Å²) in [5.74, 6) is 1.51. The molecule has 0 aliphatic heterocycles. The summed E-state index contributed by atoms with van der Waals surface area (Å²) in [7, 11) is 9.74. The molecule has 1 aliphatic rings. The van der Waals surface area contributed by atoms with Gasteiger partial charge in [-0.1, -0.05) is 125 Å². The Morgan fingerprint density at radius 3 is 2.00 bits per heavy atom. The molecule has 2 radical (unpaired) electrons. The van der Waals surface area contributed by atoms with Crippen LogP contribution < -0.4 is 5.19 Å². The van der Waals surface area contributed by atoms with Crippen molar-refractivity contribution in [3.63, 3.8) is 0 Å². The molecule has 0 aromatic heterocycles. The molecular weight excluding hydrogens is 687 g/mol. The normalized spacial score (nSPS) is 13.7. The van der Waals surface area contributed by atoms with E-state index in [4.69, 9.17) is 17.0 Å². The van der Waals surface area contributed by atoms with Gasteiger partial charge in [-0.15, -0.1) is 69.1 Å². The fraction of sp³-hybridized carbons (Fsp3) is 0.385. The van der Waals surface area contributed by atoms with Crippen molar-refractivity contribution >= 4 is 61.4 Å². The summed E-state index contributed by atoms with van der Waals surface area (Å²) in [6, 6.07) is 32.1. The van der Waals surface area contributed by atoms with Crippen molar-refractivity contribution < 1.29 is 20.8 Å². The van der Waals surface area contributed by atoms with Gasteiger partial charge < -0.3 is 0 Å². The van der Waals surface area contributed by atoms with Gasteiger partial charge in [0.25, 0.3) is 0 Å². The summed E-state index contributed by atoms with van der Waals surface area (Å²) in [6.07, 6.45) is 6.86. The molecule has 44 heavy (non-hydrogen) atoms. The molecular formula is C39H50Cl2Si2Zr. The molecule has 5 heteroatoms. The second-order valence-corrected chi connectivity index (χ2v) is 23.0. The maximum absolute atomic E-state index is 4.93. The number of halogens is 2. The van der Waals surface area contributed by atoms with Crippen LogP contribution in [0, 0.1) is 6.92 Å². The van der Waals surface area contributed by atoms with Crippen molar-refractivity contribution in [1.29, 1.82) is 0 Å². The second kappa shape index (κ2) is 18.2. The van der Waals surface area contributed by atoms with Gasteiger partial charge in [0.15, 0.2) is 0 Å². The zero-order valence-electron chi connectivity index (χ0n) is 28.0. The van der Waals surface area contributed by atoms with E-state index in [0.29, 0.717) is 5.92 Å². The van der Waals surface area contributed by atoms with Gasteiger partial charge in [0, 0.05) is 9.52 Å². The summed E-state index contributed by atoms with van der Waals surface area (Å²) in [4.78, 5) is 0. The van der Waals surface area contributed by atoms with Crippen LogP contribution in [0.5, 0.6) is 0 Å². The molecule has 0 amide bonds. The molecule has 232 valence electrons. The number of rotatable bonds is 5. The van der Waals surface area contributed by atoms with Gasteiger partial charge in [-0.05, 0) is 30.2 Å². The van der Waals surface area contributed by atoms with E-state index in [9.17, 15) is 0 Å². The SMILES string of the molecule is CCC(C)c1cccc2[cH-]c(C3CCCC3)cc12.C[Si]C.Cc1cc2c(-c3ccc([Si](C)(C)C)cc3)cccc2[cH-]1.[Cl][Zr+2][Cl]. The predicted molar refractivity (Wildman–Crippen MR) is 201 cm³/mol. The molecule has 0 saturated heterocycles. The Morgan fingerprint density at radius 1 is 0.864 bits per heavy atom. The molecule has 5 aromatic rings. The van der Waals surface area contributed by atoms with Gasteiger partial charge in [-0.25, -0.2) is 0 Å². The van der Waals surface area contributed by atoms with Crippen molar-refractivity contribution in [3.05, 3.63) is 102 Å². The summed E-state index contributed by atoms with van der Waals surface area (Å²) in [6.45, 7) is 18.3. The standard InChI is InChI=1S/C19H21Si.C18H23.C2H6Si.2ClH.Zr/c1-14-12-16-6-5-7-18(19(16)13-14)15-8-10-17(11-9-15)20(2,3)4;1-3-13(2)17-10-6-9-15-11-16(12-18(15)17)14-7-4-5-8-14;1-3-2;;;/h5-13H,1-4H3;6,9-14H,3-5,7-8H2,1-2H3;1-2H3;2*1H;/q2*-1;;;;+4/p-2. The summed E-state index contributed by atoms with van der Waals surface area (Å²) < 4.78 is 0. The Bertz CT molecular complexity index is 1550. The quantitative estimate of drug-likeness (QED) is 0.124. The molecule has 1 fully saturated rings. The maximum atomic E-state index is 4.93. The van der Waals surface area contributed by atoms with Gasteiger partial charge in [-0.2, -0.15) is 12.1 Å². The molecule has 1 saturated carbocycles. The van der Waals surface area contributed by atoms with Crippen LogP contribution in [0.4, 0.5) is 0 Å². The fourth-order valence-corrected chi connectivity index (χ4v) is 7.38. The Labute approximate surface area is 290 Å². The molecule has 1 aliphatic carbocycles. The van der Waals surface area contributed by atoms with Crippen LogP contribution in [0.25, 0.3) is 32.7 Å². The van der Waals surface area contributed by atoms with Crippen molar-refractivity contribution in [2.24, 2.45) is 0 Å². The molecule has 0 N–H and O–H groups in total. The first-order valence-corrected chi connectivity index (χ1v) is 27.9. The minimum atomic E-state index is -1.21. The molecule has 1 unspecified atom stereocenters. The Balaban J connectivity index is 0.000000205. The van der Waals surface area contributed by atoms with E-state index in [1.165, 1.54) is 75.5 Å². The van der Waals surface area contributed by atoms with Crippen molar-refractivity contribution in [2.45, 2.75) is 97.4 Å². The zero-order chi connectivity index (χ0) is 32.3. The van der Waals surface area contributed by atoms with Crippen LogP contribution in [-0.4, -0.2) is 17.6 Å². The number of hydrogen-bond donors (Lipinski definition) is 0. The van der Waals surface area contributed by atoms with E-state index in [-0.39, 0.29) is 0 Å². The fourth-order valence-electron chi connectivity index (χ4n) is 6.21. The van der Waals surface area contributed by atoms with Crippen molar-refractivity contribution in [2.75, 3.05) is 0 Å². The van der Waals surface area contributed by atoms with Crippen molar-refractivity contribution in [3.8, 4) is 11.1 Å². The number of hydrogen-bond acceptors (Lipinski definition) is 0. The van der Waals surface area contributed by atoms with E-state index < -0.39 is 28.9 Å². The van der Waals surface area contributed by atoms with Gasteiger partial charge in [-0.3, -0.25) is 0 Å². The van der Waals surface area contributed by atoms with Crippen molar-refractivity contribution in [1.82, 2.24) is 0 Å². The molecule has 5 aromatic carbocycles.